The largest absolute Gasteiger partial charge is 0.370 e. The van der Waals surface area contributed by atoms with Crippen molar-refractivity contribution in [1.82, 2.24) is 5.32 Å². The van der Waals surface area contributed by atoms with Gasteiger partial charge in [-0.05, 0) is 57.0 Å². The van der Waals surface area contributed by atoms with Crippen molar-refractivity contribution in [2.24, 2.45) is 5.41 Å². The molecule has 0 aromatic heterocycles. The molecule has 0 aromatic carbocycles. The molecule has 1 aliphatic carbocycles. The van der Waals surface area contributed by atoms with E-state index in [1.165, 1.54) is 51.6 Å². The highest BCUT2D eigenvalue weighted by Gasteiger charge is 2.50. The van der Waals surface area contributed by atoms with Crippen molar-refractivity contribution in [1.29, 1.82) is 0 Å². The van der Waals surface area contributed by atoms with Crippen molar-refractivity contribution in [3.8, 4) is 0 Å². The van der Waals surface area contributed by atoms with Crippen molar-refractivity contribution in [3.05, 3.63) is 0 Å². The molecule has 3 fully saturated rings. The van der Waals surface area contributed by atoms with Crippen LogP contribution in [0.15, 0.2) is 0 Å². The lowest BCUT2D eigenvalue weighted by Gasteiger charge is -2.42. The van der Waals surface area contributed by atoms with Crippen LogP contribution in [0.5, 0.6) is 0 Å². The van der Waals surface area contributed by atoms with E-state index in [1.807, 2.05) is 0 Å². The van der Waals surface area contributed by atoms with E-state index in [9.17, 15) is 0 Å². The zero-order valence-corrected chi connectivity index (χ0v) is 8.27. The molecule has 0 aromatic rings. The van der Waals surface area contributed by atoms with Gasteiger partial charge in [0.1, 0.15) is 0 Å². The summed E-state index contributed by atoms with van der Waals surface area (Å²) in [5, 5.41) is 3.46. The Morgan fingerprint density at radius 1 is 0.846 bits per heavy atom. The van der Waals surface area contributed by atoms with E-state index in [2.05, 4.69) is 5.32 Å². The number of epoxide rings is 1. The molecule has 2 nitrogen and oxygen atoms in total. The van der Waals surface area contributed by atoms with Crippen molar-refractivity contribution in [2.45, 2.75) is 44.1 Å². The molecule has 2 aliphatic heterocycles. The molecule has 0 unspecified atom stereocenters. The predicted molar refractivity (Wildman–Crippen MR) is 51.7 cm³/mol. The average molecular weight is 181 g/mol. The third-order valence-corrected chi connectivity index (χ3v) is 4.44. The summed E-state index contributed by atoms with van der Waals surface area (Å²) in [5.74, 6) is 0. The van der Waals surface area contributed by atoms with Gasteiger partial charge in [-0.25, -0.2) is 0 Å². The highest BCUT2D eigenvalue weighted by Crippen LogP contribution is 2.51. The summed E-state index contributed by atoms with van der Waals surface area (Å²) in [6, 6.07) is 0. The number of piperidine rings is 1. The number of rotatable bonds is 0. The van der Waals surface area contributed by atoms with Crippen LogP contribution >= 0.6 is 0 Å². The van der Waals surface area contributed by atoms with E-state index >= 15 is 0 Å². The maximum Gasteiger partial charge on any atom is 0.0917 e. The molecule has 0 radical (unpaired) electrons. The summed E-state index contributed by atoms with van der Waals surface area (Å²) in [5.41, 5.74) is 1.10. The number of ether oxygens (including phenoxy) is 1. The third kappa shape index (κ3) is 1.40. The molecular weight excluding hydrogens is 162 g/mol. The van der Waals surface area contributed by atoms with Gasteiger partial charge < -0.3 is 10.1 Å². The average Bonchev–Trinajstić information content (AvgIpc) is 2.94. The summed E-state index contributed by atoms with van der Waals surface area (Å²) >= 11 is 0. The number of hydrogen-bond acceptors (Lipinski definition) is 2. The van der Waals surface area contributed by atoms with Crippen LogP contribution in [0.2, 0.25) is 0 Å². The minimum Gasteiger partial charge on any atom is -0.370 e. The first kappa shape index (κ1) is 8.25. The maximum absolute atomic E-state index is 5.56. The fourth-order valence-corrected chi connectivity index (χ4v) is 3.08. The normalized spacial score (nSPS) is 35.1. The lowest BCUT2D eigenvalue weighted by Crippen LogP contribution is -2.40. The molecule has 2 spiro atoms. The van der Waals surface area contributed by atoms with Crippen LogP contribution in [0.1, 0.15) is 38.5 Å². The summed E-state index contributed by atoms with van der Waals surface area (Å²) < 4.78 is 5.56. The molecule has 13 heavy (non-hydrogen) atoms. The van der Waals surface area contributed by atoms with Gasteiger partial charge >= 0.3 is 0 Å². The molecule has 2 saturated heterocycles. The molecule has 3 aliphatic rings. The second-order valence-corrected chi connectivity index (χ2v) is 5.22. The van der Waals surface area contributed by atoms with Gasteiger partial charge in [0.25, 0.3) is 0 Å². The van der Waals surface area contributed by atoms with Gasteiger partial charge in [-0.3, -0.25) is 0 Å². The Kier molecular flexibility index (Phi) is 1.72. The SMILES string of the molecule is C1CC2(CCN1)CCC1(CC2)CO1. The fourth-order valence-electron chi connectivity index (χ4n) is 3.08. The second-order valence-electron chi connectivity index (χ2n) is 5.22. The first-order valence-electron chi connectivity index (χ1n) is 5.67. The van der Waals surface area contributed by atoms with Gasteiger partial charge in [-0.2, -0.15) is 0 Å². The van der Waals surface area contributed by atoms with Gasteiger partial charge in [0.15, 0.2) is 0 Å². The topological polar surface area (TPSA) is 24.6 Å². The van der Waals surface area contributed by atoms with Gasteiger partial charge in [0.05, 0.1) is 12.2 Å². The Labute approximate surface area is 80.0 Å². The van der Waals surface area contributed by atoms with Crippen LogP contribution in [-0.4, -0.2) is 25.3 Å². The van der Waals surface area contributed by atoms with Crippen LogP contribution in [0.4, 0.5) is 0 Å². The molecule has 2 heterocycles. The summed E-state index contributed by atoms with van der Waals surface area (Å²) in [6.45, 7) is 3.54. The zero-order valence-electron chi connectivity index (χ0n) is 8.27. The highest BCUT2D eigenvalue weighted by molar-refractivity contribution is 5.01. The van der Waals surface area contributed by atoms with E-state index in [4.69, 9.17) is 4.74 Å². The Balaban J connectivity index is 1.65. The Morgan fingerprint density at radius 3 is 2.00 bits per heavy atom. The van der Waals surface area contributed by atoms with E-state index in [0.29, 0.717) is 11.0 Å². The molecule has 1 saturated carbocycles. The first-order chi connectivity index (χ1) is 6.33. The summed E-state index contributed by atoms with van der Waals surface area (Å²) in [7, 11) is 0. The molecule has 74 valence electrons. The summed E-state index contributed by atoms with van der Waals surface area (Å²) in [4.78, 5) is 0. The Bertz CT molecular complexity index is 192. The molecule has 0 atom stereocenters. The van der Waals surface area contributed by atoms with Gasteiger partial charge in [0, 0.05) is 0 Å². The molecule has 2 heteroatoms. The molecular formula is C11H19NO. The maximum atomic E-state index is 5.56. The first-order valence-corrected chi connectivity index (χ1v) is 5.67. The second kappa shape index (κ2) is 2.71. The van der Waals surface area contributed by atoms with Crippen molar-refractivity contribution in [2.75, 3.05) is 19.7 Å². The van der Waals surface area contributed by atoms with Crippen molar-refractivity contribution in [3.63, 3.8) is 0 Å². The quantitative estimate of drug-likeness (QED) is 0.575. The van der Waals surface area contributed by atoms with Crippen LogP contribution in [0, 0.1) is 5.41 Å². The Hall–Kier alpha value is -0.0800. The predicted octanol–water partition coefficient (Wildman–Crippen LogP) is 1.70. The van der Waals surface area contributed by atoms with E-state index in [0.717, 1.165) is 6.61 Å². The minimum absolute atomic E-state index is 0.385. The van der Waals surface area contributed by atoms with Crippen LogP contribution in [-0.2, 0) is 4.74 Å². The van der Waals surface area contributed by atoms with Gasteiger partial charge in [-0.15, -0.1) is 0 Å². The van der Waals surface area contributed by atoms with E-state index in [-0.39, 0.29) is 0 Å². The van der Waals surface area contributed by atoms with Crippen molar-refractivity contribution < 1.29 is 4.74 Å². The van der Waals surface area contributed by atoms with Crippen molar-refractivity contribution >= 4 is 0 Å². The molecule has 1 N–H and O–H groups in total. The smallest absolute Gasteiger partial charge is 0.0917 e. The lowest BCUT2D eigenvalue weighted by atomic mass is 9.66. The number of nitrogens with one attached hydrogen (secondary N) is 1. The lowest BCUT2D eigenvalue weighted by molar-refractivity contribution is 0.0854. The van der Waals surface area contributed by atoms with Crippen LogP contribution < -0.4 is 5.32 Å². The molecule has 0 amide bonds. The fraction of sp³-hybridized carbons (Fsp3) is 1.00. The minimum atomic E-state index is 0.385. The highest BCUT2D eigenvalue weighted by atomic mass is 16.6. The monoisotopic (exact) mass is 181 g/mol. The van der Waals surface area contributed by atoms with Gasteiger partial charge in [0.2, 0.25) is 0 Å². The third-order valence-electron chi connectivity index (χ3n) is 4.44. The molecule has 0 bridgehead atoms. The zero-order chi connectivity index (χ0) is 8.78. The number of hydrogen-bond donors (Lipinski definition) is 1. The standard InChI is InChI=1S/C11H19NO/c1-3-11(9-13-11)4-2-10(1)5-7-12-8-6-10/h12H,1-9H2. The molecule has 3 rings (SSSR count). The van der Waals surface area contributed by atoms with E-state index in [1.54, 1.807) is 0 Å². The summed E-state index contributed by atoms with van der Waals surface area (Å²) in [6.07, 6.45) is 8.34. The van der Waals surface area contributed by atoms with Crippen LogP contribution in [0.3, 0.4) is 0 Å². The van der Waals surface area contributed by atoms with E-state index < -0.39 is 0 Å². The Morgan fingerprint density at radius 2 is 1.46 bits per heavy atom. The van der Waals surface area contributed by atoms with Crippen LogP contribution in [0.25, 0.3) is 0 Å². The van der Waals surface area contributed by atoms with Gasteiger partial charge in [-0.1, -0.05) is 0 Å².